The molecule has 0 saturated carbocycles. The van der Waals surface area contributed by atoms with Gasteiger partial charge in [0.05, 0.1) is 23.6 Å². The number of carbonyl (C=O) groups is 4. The predicted molar refractivity (Wildman–Crippen MR) is 129 cm³/mol. The highest BCUT2D eigenvalue weighted by Crippen LogP contribution is 2.31. The maximum atomic E-state index is 13.1. The minimum Gasteiger partial charge on any atom is -0.476 e. The van der Waals surface area contributed by atoms with Crippen LogP contribution in [0.15, 0.2) is 36.4 Å². The van der Waals surface area contributed by atoms with Gasteiger partial charge in [0.25, 0.3) is 0 Å². The first kappa shape index (κ1) is 25.9. The van der Waals surface area contributed by atoms with Crippen molar-refractivity contribution in [2.75, 3.05) is 0 Å². The van der Waals surface area contributed by atoms with Gasteiger partial charge in [-0.25, -0.2) is 28.5 Å². The third-order valence-electron chi connectivity index (χ3n) is 5.13. The zero-order valence-corrected chi connectivity index (χ0v) is 20.6. The molecule has 14 heteroatoms. The van der Waals surface area contributed by atoms with Crippen molar-refractivity contribution in [2.45, 2.75) is 39.9 Å². The third kappa shape index (κ3) is 4.66. The van der Waals surface area contributed by atoms with Crippen LogP contribution in [-0.2, 0) is 9.47 Å². The Balaban J connectivity index is 2.03. The van der Waals surface area contributed by atoms with Crippen LogP contribution < -0.4 is 0 Å². The summed E-state index contributed by atoms with van der Waals surface area (Å²) in [5.74, 6) is -4.92. The molecule has 0 saturated heterocycles. The third-order valence-corrected chi connectivity index (χ3v) is 5.13. The molecule has 2 aromatic carbocycles. The summed E-state index contributed by atoms with van der Waals surface area (Å²) in [5, 5.41) is 35.2. The summed E-state index contributed by atoms with van der Waals surface area (Å²) in [4.78, 5) is 49.5. The van der Waals surface area contributed by atoms with Crippen LogP contribution in [0.2, 0.25) is 0 Å². The average molecular weight is 522 g/mol. The van der Waals surface area contributed by atoms with Crippen molar-refractivity contribution in [2.24, 2.45) is 0 Å². The van der Waals surface area contributed by atoms with E-state index in [0.717, 1.165) is 9.36 Å². The number of rotatable bonds is 8. The molecule has 0 aliphatic heterocycles. The van der Waals surface area contributed by atoms with Crippen LogP contribution in [0, 0.1) is 0 Å². The quantitative estimate of drug-likeness (QED) is 0.322. The highest BCUT2D eigenvalue weighted by Gasteiger charge is 2.31. The molecule has 2 aromatic heterocycles. The van der Waals surface area contributed by atoms with Crippen LogP contribution in [0.25, 0.3) is 22.1 Å². The Labute approximate surface area is 214 Å². The molecule has 2 heterocycles. The number of carbonyl (C=O) groups excluding carboxylic acids is 2. The van der Waals surface area contributed by atoms with Crippen LogP contribution in [0.3, 0.4) is 0 Å². The molecule has 0 bridgehead atoms. The standard InChI is InChI=1S/C24H22N6O8/c1-11(2)37-23(35)18-20(24(36)38-12(3)4)30(28-26-18)15-10-6-8-13-7-5-9-14(16(13)15)29-19(22(33)34)17(21(31)32)25-27-29/h5-12H,1-4H3,(H,31,32)(H,33,34). The van der Waals surface area contributed by atoms with E-state index in [2.05, 4.69) is 20.6 Å². The van der Waals surface area contributed by atoms with Crippen molar-refractivity contribution >= 4 is 34.6 Å². The number of nitrogens with zero attached hydrogens (tertiary/aromatic N) is 6. The summed E-state index contributed by atoms with van der Waals surface area (Å²) < 4.78 is 12.5. The van der Waals surface area contributed by atoms with Gasteiger partial charge in [0.2, 0.25) is 11.4 Å². The van der Waals surface area contributed by atoms with Crippen molar-refractivity contribution in [1.82, 2.24) is 30.0 Å². The molecule has 0 unspecified atom stereocenters. The minimum absolute atomic E-state index is 0.125. The molecule has 0 atom stereocenters. The van der Waals surface area contributed by atoms with E-state index in [4.69, 9.17) is 9.47 Å². The average Bonchev–Trinajstić information content (AvgIpc) is 3.48. The topological polar surface area (TPSA) is 189 Å². The monoisotopic (exact) mass is 522 g/mol. The Morgan fingerprint density at radius 1 is 0.711 bits per heavy atom. The number of ether oxygens (including phenoxy) is 2. The van der Waals surface area contributed by atoms with Gasteiger partial charge in [-0.05, 0) is 45.2 Å². The Bertz CT molecular complexity index is 1580. The number of hydrogen-bond donors (Lipinski definition) is 2. The van der Waals surface area contributed by atoms with Gasteiger partial charge in [-0.1, -0.05) is 34.7 Å². The first-order valence-corrected chi connectivity index (χ1v) is 11.3. The molecule has 4 aromatic rings. The fourth-order valence-corrected chi connectivity index (χ4v) is 3.75. The number of aromatic carboxylic acids is 2. The molecule has 0 radical (unpaired) electrons. The van der Waals surface area contributed by atoms with Crippen LogP contribution in [0.5, 0.6) is 0 Å². The SMILES string of the molecule is CC(C)OC(=O)c1nnn(-c2cccc3cccc(-n4nnc(C(=O)O)c4C(=O)O)c23)c1C(=O)OC(C)C. The molecule has 0 aliphatic rings. The first-order chi connectivity index (χ1) is 18.0. The van der Waals surface area contributed by atoms with Crippen molar-refractivity contribution in [1.29, 1.82) is 0 Å². The number of benzene rings is 2. The van der Waals surface area contributed by atoms with E-state index in [9.17, 15) is 29.4 Å². The predicted octanol–water partition coefficient (Wildman–Crippen LogP) is 2.53. The maximum Gasteiger partial charge on any atom is 0.361 e. The van der Waals surface area contributed by atoms with Gasteiger partial charge >= 0.3 is 23.9 Å². The number of carboxylic acids is 2. The lowest BCUT2D eigenvalue weighted by molar-refractivity contribution is 0.0318. The van der Waals surface area contributed by atoms with Crippen LogP contribution in [-0.4, -0.2) is 76.3 Å². The second kappa shape index (κ2) is 10.1. The number of hydrogen-bond acceptors (Lipinski definition) is 10. The van der Waals surface area contributed by atoms with Crippen molar-refractivity contribution in [3.63, 3.8) is 0 Å². The Morgan fingerprint density at radius 3 is 1.71 bits per heavy atom. The van der Waals surface area contributed by atoms with Gasteiger partial charge in [-0.3, -0.25) is 0 Å². The maximum absolute atomic E-state index is 13.1. The largest absolute Gasteiger partial charge is 0.476 e. The van der Waals surface area contributed by atoms with Gasteiger partial charge < -0.3 is 19.7 Å². The van der Waals surface area contributed by atoms with Gasteiger partial charge in [0.1, 0.15) is 0 Å². The van der Waals surface area contributed by atoms with Gasteiger partial charge in [-0.15, -0.1) is 10.2 Å². The Kier molecular flexibility index (Phi) is 6.88. The molecule has 0 amide bonds. The van der Waals surface area contributed by atoms with E-state index < -0.39 is 47.5 Å². The zero-order valence-electron chi connectivity index (χ0n) is 20.6. The Morgan fingerprint density at radius 2 is 1.21 bits per heavy atom. The number of carboxylic acid groups (broad SMARTS) is 2. The number of esters is 2. The van der Waals surface area contributed by atoms with E-state index in [0.29, 0.717) is 10.8 Å². The molecule has 0 aliphatic carbocycles. The van der Waals surface area contributed by atoms with E-state index in [1.807, 2.05) is 0 Å². The van der Waals surface area contributed by atoms with E-state index in [1.165, 1.54) is 6.07 Å². The summed E-state index contributed by atoms with van der Waals surface area (Å²) in [6, 6.07) is 9.71. The molecule has 0 spiro atoms. The van der Waals surface area contributed by atoms with Crippen molar-refractivity contribution in [3.8, 4) is 11.4 Å². The molecule has 0 fully saturated rings. The fourth-order valence-electron chi connectivity index (χ4n) is 3.75. The molecule has 38 heavy (non-hydrogen) atoms. The second-order valence-electron chi connectivity index (χ2n) is 8.57. The molecule has 4 rings (SSSR count). The fraction of sp³-hybridized carbons (Fsp3) is 0.250. The molecule has 2 N–H and O–H groups in total. The summed E-state index contributed by atoms with van der Waals surface area (Å²) in [7, 11) is 0. The van der Waals surface area contributed by atoms with Crippen molar-refractivity contribution in [3.05, 3.63) is 59.2 Å². The molecular formula is C24H22N6O8. The molecule has 14 nitrogen and oxygen atoms in total. The van der Waals surface area contributed by atoms with Crippen molar-refractivity contribution < 1.29 is 38.9 Å². The summed E-state index contributed by atoms with van der Waals surface area (Å²) in [6.07, 6.45) is -1.04. The number of aromatic nitrogens is 6. The van der Waals surface area contributed by atoms with Crippen LogP contribution >= 0.6 is 0 Å². The summed E-state index contributed by atoms with van der Waals surface area (Å²) in [5.41, 5.74) is -1.80. The van der Waals surface area contributed by atoms with E-state index in [-0.39, 0.29) is 22.8 Å². The van der Waals surface area contributed by atoms with Crippen LogP contribution in [0.1, 0.15) is 69.6 Å². The minimum atomic E-state index is -1.57. The number of fused-ring (bicyclic) bond motifs is 1. The van der Waals surface area contributed by atoms with Gasteiger partial charge in [0, 0.05) is 5.39 Å². The Hall–Kier alpha value is -5.14. The lowest BCUT2D eigenvalue weighted by atomic mass is 10.1. The highest BCUT2D eigenvalue weighted by molar-refractivity contribution is 6.04. The lowest BCUT2D eigenvalue weighted by Gasteiger charge is -2.15. The zero-order chi connectivity index (χ0) is 27.7. The molecule has 196 valence electrons. The summed E-state index contributed by atoms with van der Waals surface area (Å²) >= 11 is 0. The molecular weight excluding hydrogens is 500 g/mol. The normalized spacial score (nSPS) is 11.2. The second-order valence-corrected chi connectivity index (χ2v) is 8.57. The highest BCUT2D eigenvalue weighted by atomic mass is 16.6. The van der Waals surface area contributed by atoms with E-state index in [1.54, 1.807) is 58.0 Å². The first-order valence-electron chi connectivity index (χ1n) is 11.3. The smallest absolute Gasteiger partial charge is 0.361 e. The van der Waals surface area contributed by atoms with Crippen LogP contribution in [0.4, 0.5) is 0 Å². The summed E-state index contributed by atoms with van der Waals surface area (Å²) in [6.45, 7) is 6.53. The van der Waals surface area contributed by atoms with Gasteiger partial charge in [-0.2, -0.15) is 0 Å². The lowest BCUT2D eigenvalue weighted by Crippen LogP contribution is -2.21. The van der Waals surface area contributed by atoms with E-state index >= 15 is 0 Å². The van der Waals surface area contributed by atoms with Gasteiger partial charge in [0.15, 0.2) is 11.4 Å².